The molecule has 0 fully saturated rings. The van der Waals surface area contributed by atoms with Crippen molar-refractivity contribution in [1.82, 2.24) is 25.1 Å². The van der Waals surface area contributed by atoms with Crippen LogP contribution in [0.2, 0.25) is 5.15 Å². The molecule has 0 bridgehead atoms. The summed E-state index contributed by atoms with van der Waals surface area (Å²) in [6.07, 6.45) is 2.67. The molecule has 0 radical (unpaired) electrons. The predicted molar refractivity (Wildman–Crippen MR) is 188 cm³/mol. The molecule has 3 amide bonds. The highest BCUT2D eigenvalue weighted by Crippen LogP contribution is 2.28. The zero-order valence-electron chi connectivity index (χ0n) is 29.2. The number of imidazole rings is 1. The Morgan fingerprint density at radius 3 is 2.28 bits per heavy atom. The summed E-state index contributed by atoms with van der Waals surface area (Å²) in [5.41, 5.74) is 3.42. The van der Waals surface area contributed by atoms with Crippen molar-refractivity contribution in [3.8, 4) is 11.1 Å². The zero-order chi connectivity index (χ0) is 37.2. The molecule has 0 spiro atoms. The van der Waals surface area contributed by atoms with Crippen LogP contribution >= 0.6 is 11.6 Å². The van der Waals surface area contributed by atoms with E-state index in [-0.39, 0.29) is 29.0 Å². The molecular weight excluding hydrogens is 686 g/mol. The number of benzene rings is 2. The van der Waals surface area contributed by atoms with Gasteiger partial charge in [0.1, 0.15) is 11.7 Å². The molecule has 0 aliphatic heterocycles. The van der Waals surface area contributed by atoms with E-state index in [4.69, 9.17) is 16.4 Å². The second kappa shape index (κ2) is 17.6. The number of nitrogens with zero attached hydrogens (tertiary/aromatic N) is 2. The first-order valence-electron chi connectivity index (χ1n) is 16.4. The number of aliphatic hydroxyl groups is 1. The van der Waals surface area contributed by atoms with Gasteiger partial charge in [-0.3, -0.25) is 14.4 Å². The zero-order valence-corrected chi connectivity index (χ0v) is 30.8. The second-order valence-electron chi connectivity index (χ2n) is 13.3. The molecule has 4 N–H and O–H groups in total. The maximum atomic E-state index is 13.4. The Morgan fingerprint density at radius 1 is 1.02 bits per heavy atom. The summed E-state index contributed by atoms with van der Waals surface area (Å²) >= 11 is 6.28. The van der Waals surface area contributed by atoms with E-state index in [1.807, 2.05) is 26.9 Å². The molecule has 1 heterocycles. The van der Waals surface area contributed by atoms with Gasteiger partial charge in [0.2, 0.25) is 5.91 Å². The fourth-order valence-corrected chi connectivity index (χ4v) is 6.41. The number of rotatable bonds is 15. The van der Waals surface area contributed by atoms with Gasteiger partial charge >= 0.3 is 5.97 Å². The standard InChI is InChI=1S/C35H46ClN5O8S/c1-7-8-13-29-38-31(36)27(21-42)41(29)20-23-14-16-24(17-15-23)25-11-9-10-12-28(25)50(47,48)40-30(43)19-37-32(44)26(18-22(2)3)33(45)39-49-34(46)35(4,5)6/h9-12,14-17,22,26,42H,7-8,13,18-21H2,1-6H3,(H,37,44)(H,39,45)(H,40,43). The number of amides is 3. The number of carbonyl (C=O) groups is 4. The Bertz CT molecular complexity index is 1780. The van der Waals surface area contributed by atoms with Crippen LogP contribution in [0.4, 0.5) is 0 Å². The Hall–Kier alpha value is -4.27. The first-order chi connectivity index (χ1) is 23.5. The fourth-order valence-electron chi connectivity index (χ4n) is 4.94. The van der Waals surface area contributed by atoms with Crippen LogP contribution in [0.15, 0.2) is 53.4 Å². The number of nitrogens with one attached hydrogen (secondary N) is 3. The number of hydrogen-bond donors (Lipinski definition) is 4. The summed E-state index contributed by atoms with van der Waals surface area (Å²) in [5.74, 6) is -4.08. The van der Waals surface area contributed by atoms with Gasteiger partial charge in [0, 0.05) is 18.5 Å². The second-order valence-corrected chi connectivity index (χ2v) is 15.3. The van der Waals surface area contributed by atoms with Crippen molar-refractivity contribution in [3.05, 3.63) is 70.8 Å². The molecule has 0 saturated carbocycles. The average molecular weight is 732 g/mol. The van der Waals surface area contributed by atoms with E-state index in [0.717, 1.165) is 24.2 Å². The van der Waals surface area contributed by atoms with Gasteiger partial charge in [0.25, 0.3) is 21.8 Å². The van der Waals surface area contributed by atoms with Crippen LogP contribution in [0.25, 0.3) is 11.1 Å². The van der Waals surface area contributed by atoms with Gasteiger partial charge < -0.3 is 19.8 Å². The smallest absolute Gasteiger partial charge is 0.337 e. The fraction of sp³-hybridized carbons (Fsp3) is 0.457. The molecule has 13 nitrogen and oxygen atoms in total. The monoisotopic (exact) mass is 731 g/mol. The average Bonchev–Trinajstić information content (AvgIpc) is 3.36. The number of hydroxylamine groups is 1. The van der Waals surface area contributed by atoms with Gasteiger partial charge in [-0.25, -0.2) is 22.9 Å². The number of halogens is 1. The molecule has 0 aliphatic carbocycles. The summed E-state index contributed by atoms with van der Waals surface area (Å²) < 4.78 is 30.7. The normalized spacial score (nSPS) is 12.3. The van der Waals surface area contributed by atoms with E-state index >= 15 is 0 Å². The van der Waals surface area contributed by atoms with Gasteiger partial charge in [0.15, 0.2) is 5.15 Å². The molecule has 0 saturated heterocycles. The summed E-state index contributed by atoms with van der Waals surface area (Å²) in [5, 5.41) is 12.5. The van der Waals surface area contributed by atoms with E-state index in [0.29, 0.717) is 29.8 Å². The first-order valence-corrected chi connectivity index (χ1v) is 18.2. The van der Waals surface area contributed by atoms with Gasteiger partial charge in [-0.2, -0.15) is 5.48 Å². The minimum Gasteiger partial charge on any atom is -0.390 e. The van der Waals surface area contributed by atoms with Crippen LogP contribution in [0.5, 0.6) is 0 Å². The molecular formula is C35H46ClN5O8S. The number of aryl methyl sites for hydroxylation is 1. The Labute approximate surface area is 298 Å². The van der Waals surface area contributed by atoms with Crippen LogP contribution in [-0.4, -0.2) is 53.3 Å². The molecule has 272 valence electrons. The molecule has 2 aromatic carbocycles. The van der Waals surface area contributed by atoms with E-state index in [1.165, 1.54) is 12.1 Å². The highest BCUT2D eigenvalue weighted by molar-refractivity contribution is 7.90. The quantitative estimate of drug-likeness (QED) is 0.131. The topological polar surface area (TPSA) is 186 Å². The summed E-state index contributed by atoms with van der Waals surface area (Å²) in [7, 11) is -4.40. The lowest BCUT2D eigenvalue weighted by atomic mass is 9.95. The molecule has 3 aromatic rings. The lowest BCUT2D eigenvalue weighted by Gasteiger charge is -2.20. The largest absolute Gasteiger partial charge is 0.390 e. The van der Waals surface area contributed by atoms with Crippen LogP contribution in [0.3, 0.4) is 0 Å². The van der Waals surface area contributed by atoms with Crippen LogP contribution < -0.4 is 15.5 Å². The van der Waals surface area contributed by atoms with Crippen LogP contribution in [0.1, 0.15) is 77.9 Å². The molecule has 50 heavy (non-hydrogen) atoms. The predicted octanol–water partition coefficient (Wildman–Crippen LogP) is 4.29. The van der Waals surface area contributed by atoms with Crippen molar-refractivity contribution in [2.45, 2.75) is 85.3 Å². The third kappa shape index (κ3) is 10.9. The van der Waals surface area contributed by atoms with Gasteiger partial charge in [-0.05, 0) is 56.7 Å². The third-order valence-electron chi connectivity index (χ3n) is 7.66. The number of aliphatic hydroxyl groups excluding tert-OH is 1. The van der Waals surface area contributed by atoms with Gasteiger partial charge in [0.05, 0.1) is 29.2 Å². The molecule has 0 aliphatic rings. The number of hydrogen-bond acceptors (Lipinski definition) is 9. The number of carbonyl (C=O) groups excluding carboxylic acids is 4. The highest BCUT2D eigenvalue weighted by Gasteiger charge is 2.31. The van der Waals surface area contributed by atoms with E-state index in [2.05, 4.69) is 17.2 Å². The maximum absolute atomic E-state index is 13.4. The summed E-state index contributed by atoms with van der Waals surface area (Å²) in [6, 6.07) is 13.3. The van der Waals surface area contributed by atoms with Crippen molar-refractivity contribution in [2.75, 3.05) is 6.54 Å². The molecule has 15 heteroatoms. The van der Waals surface area contributed by atoms with E-state index < -0.39 is 51.6 Å². The van der Waals surface area contributed by atoms with Gasteiger partial charge in [-0.1, -0.05) is 81.3 Å². The van der Waals surface area contributed by atoms with Crippen molar-refractivity contribution in [3.63, 3.8) is 0 Å². The Morgan fingerprint density at radius 2 is 1.68 bits per heavy atom. The van der Waals surface area contributed by atoms with Crippen molar-refractivity contribution >= 4 is 45.3 Å². The Balaban J connectivity index is 1.72. The van der Waals surface area contributed by atoms with Gasteiger partial charge in [-0.15, -0.1) is 0 Å². The SMILES string of the molecule is CCCCc1nc(Cl)c(CO)n1Cc1ccc(-c2ccccc2S(=O)(=O)NC(=O)CNC(=O)C(CC(C)C)C(=O)NOC(=O)C(C)(C)C)cc1. The lowest BCUT2D eigenvalue weighted by molar-refractivity contribution is -0.168. The molecule has 1 aromatic heterocycles. The Kier molecular flexibility index (Phi) is 14.1. The van der Waals surface area contributed by atoms with E-state index in [1.54, 1.807) is 58.9 Å². The minimum atomic E-state index is -4.40. The van der Waals surface area contributed by atoms with Crippen molar-refractivity contribution in [1.29, 1.82) is 0 Å². The third-order valence-corrected chi connectivity index (χ3v) is 9.39. The lowest BCUT2D eigenvalue weighted by Crippen LogP contribution is -2.46. The minimum absolute atomic E-state index is 0.0789. The van der Waals surface area contributed by atoms with Crippen LogP contribution in [0, 0.1) is 17.3 Å². The van der Waals surface area contributed by atoms with Crippen molar-refractivity contribution in [2.24, 2.45) is 17.3 Å². The molecule has 3 rings (SSSR count). The highest BCUT2D eigenvalue weighted by atomic mass is 35.5. The number of aromatic nitrogens is 2. The van der Waals surface area contributed by atoms with Crippen LogP contribution in [-0.2, 0) is 53.6 Å². The molecule has 1 unspecified atom stereocenters. The number of unbranched alkanes of at least 4 members (excludes halogenated alkanes) is 1. The maximum Gasteiger partial charge on any atom is 0.337 e. The summed E-state index contributed by atoms with van der Waals surface area (Å²) in [6.45, 7) is 9.84. The number of sulfonamides is 1. The molecule has 1 atom stereocenters. The first kappa shape index (κ1) is 40.2. The van der Waals surface area contributed by atoms with Crippen molar-refractivity contribution < 1.29 is 37.5 Å². The van der Waals surface area contributed by atoms with E-state index in [9.17, 15) is 32.7 Å². The summed E-state index contributed by atoms with van der Waals surface area (Å²) in [4.78, 5) is 59.6.